The van der Waals surface area contributed by atoms with Crippen LogP contribution in [0.2, 0.25) is 10.0 Å². The molecular formula is C17H16Cl2N4O3. The van der Waals surface area contributed by atoms with Gasteiger partial charge in [-0.15, -0.1) is 0 Å². The fourth-order valence-corrected chi connectivity index (χ4v) is 2.96. The van der Waals surface area contributed by atoms with Crippen molar-refractivity contribution in [3.8, 4) is 5.75 Å². The van der Waals surface area contributed by atoms with E-state index in [0.29, 0.717) is 33.9 Å². The molecule has 1 unspecified atom stereocenters. The Bertz CT molecular complexity index is 829. The second-order valence-corrected chi connectivity index (χ2v) is 6.35. The molecule has 2 amide bonds. The van der Waals surface area contributed by atoms with Crippen molar-refractivity contribution in [3.05, 3.63) is 46.6 Å². The van der Waals surface area contributed by atoms with Crippen molar-refractivity contribution >= 4 is 46.5 Å². The smallest absolute Gasteiger partial charge is 0.253 e. The minimum atomic E-state index is -0.734. The van der Waals surface area contributed by atoms with Crippen LogP contribution in [0, 0.1) is 0 Å². The Labute approximate surface area is 160 Å². The van der Waals surface area contributed by atoms with Crippen LogP contribution in [0.5, 0.6) is 5.75 Å². The highest BCUT2D eigenvalue weighted by Gasteiger charge is 2.39. The predicted molar refractivity (Wildman–Crippen MR) is 99.5 cm³/mol. The average Bonchev–Trinajstić information content (AvgIpc) is 2.89. The summed E-state index contributed by atoms with van der Waals surface area (Å²) in [6, 6.07) is 7.57. The van der Waals surface area contributed by atoms with Crippen LogP contribution < -0.4 is 20.5 Å². The third-order valence-electron chi connectivity index (χ3n) is 3.73. The Morgan fingerprint density at radius 1 is 1.27 bits per heavy atom. The van der Waals surface area contributed by atoms with Gasteiger partial charge in [0.15, 0.2) is 5.82 Å². The zero-order valence-electron chi connectivity index (χ0n) is 13.8. The maximum absolute atomic E-state index is 12.6. The summed E-state index contributed by atoms with van der Waals surface area (Å²) in [4.78, 5) is 30.0. The lowest BCUT2D eigenvalue weighted by Crippen LogP contribution is -2.41. The minimum Gasteiger partial charge on any atom is -0.494 e. The molecule has 2 heterocycles. The third-order valence-corrected chi connectivity index (χ3v) is 4.22. The first-order valence-electron chi connectivity index (χ1n) is 7.92. The Balaban J connectivity index is 1.68. The number of benzene rings is 1. The first-order chi connectivity index (χ1) is 12.5. The molecule has 1 aliphatic heterocycles. The van der Waals surface area contributed by atoms with Crippen molar-refractivity contribution in [1.82, 2.24) is 10.4 Å². The van der Waals surface area contributed by atoms with Crippen molar-refractivity contribution < 1.29 is 14.3 Å². The van der Waals surface area contributed by atoms with E-state index in [2.05, 4.69) is 15.8 Å². The van der Waals surface area contributed by atoms with Crippen LogP contribution in [0.1, 0.15) is 13.3 Å². The molecule has 0 aliphatic carbocycles. The summed E-state index contributed by atoms with van der Waals surface area (Å²) in [7, 11) is 0. The quantitative estimate of drug-likeness (QED) is 0.578. The number of ether oxygens (including phenoxy) is 1. The molecule has 2 N–H and O–H groups in total. The van der Waals surface area contributed by atoms with Gasteiger partial charge in [0, 0.05) is 6.20 Å². The molecule has 3 rings (SSSR count). The van der Waals surface area contributed by atoms with E-state index in [1.165, 1.54) is 12.3 Å². The molecular weight excluding hydrogens is 379 g/mol. The van der Waals surface area contributed by atoms with E-state index >= 15 is 0 Å². The van der Waals surface area contributed by atoms with Gasteiger partial charge >= 0.3 is 0 Å². The number of halogens is 2. The second-order valence-electron chi connectivity index (χ2n) is 5.50. The van der Waals surface area contributed by atoms with Crippen molar-refractivity contribution in [3.63, 3.8) is 0 Å². The molecule has 1 aromatic carbocycles. The number of carbonyl (C=O) groups excluding carboxylic acids is 2. The van der Waals surface area contributed by atoms with Gasteiger partial charge in [0.1, 0.15) is 11.8 Å². The number of anilines is 2. The van der Waals surface area contributed by atoms with Crippen LogP contribution in [0.25, 0.3) is 0 Å². The van der Waals surface area contributed by atoms with Crippen LogP contribution in [-0.2, 0) is 9.59 Å². The van der Waals surface area contributed by atoms with E-state index in [-0.39, 0.29) is 18.2 Å². The molecule has 1 aromatic heterocycles. The lowest BCUT2D eigenvalue weighted by atomic mass is 10.2. The maximum Gasteiger partial charge on any atom is 0.253 e. The molecule has 2 aromatic rings. The molecule has 1 saturated heterocycles. The summed E-state index contributed by atoms with van der Waals surface area (Å²) in [6.07, 6.45) is 1.44. The van der Waals surface area contributed by atoms with Gasteiger partial charge in [0.2, 0.25) is 5.91 Å². The molecule has 9 heteroatoms. The molecule has 0 saturated carbocycles. The first-order valence-corrected chi connectivity index (χ1v) is 8.67. The average molecular weight is 395 g/mol. The number of nitrogens with zero attached hydrogens (tertiary/aromatic N) is 2. The third kappa shape index (κ3) is 3.90. The SMILES string of the molecule is CCOc1ccc(N2C(=O)CC(NNc3ncc(Cl)cc3Cl)C2=O)cc1. The molecule has 1 aliphatic rings. The van der Waals surface area contributed by atoms with Gasteiger partial charge in [-0.25, -0.2) is 15.3 Å². The van der Waals surface area contributed by atoms with Gasteiger partial charge in [-0.1, -0.05) is 23.2 Å². The number of carbonyl (C=O) groups is 2. The van der Waals surface area contributed by atoms with Gasteiger partial charge in [-0.05, 0) is 37.3 Å². The monoisotopic (exact) mass is 394 g/mol. The van der Waals surface area contributed by atoms with E-state index in [9.17, 15) is 9.59 Å². The van der Waals surface area contributed by atoms with Crippen molar-refractivity contribution in [1.29, 1.82) is 0 Å². The van der Waals surface area contributed by atoms with Gasteiger partial charge in [-0.2, -0.15) is 0 Å². The highest BCUT2D eigenvalue weighted by molar-refractivity contribution is 6.36. The standard InChI is InChI=1S/C17H16Cl2N4O3/c1-2-26-12-5-3-11(4-6-12)23-15(24)8-14(17(23)25)21-22-16-13(19)7-10(18)9-20-16/h3-7,9,14,21H,2,8H2,1H3,(H,20,22). The first kappa shape index (κ1) is 18.4. The summed E-state index contributed by atoms with van der Waals surface area (Å²) in [5, 5.41) is 0.694. The number of pyridine rings is 1. The van der Waals surface area contributed by atoms with E-state index < -0.39 is 6.04 Å². The number of hydrogen-bond acceptors (Lipinski definition) is 6. The number of hydrazine groups is 1. The van der Waals surface area contributed by atoms with Gasteiger partial charge in [0.05, 0.1) is 28.8 Å². The van der Waals surface area contributed by atoms with Crippen molar-refractivity contribution in [2.75, 3.05) is 16.9 Å². The number of imide groups is 1. The molecule has 7 nitrogen and oxygen atoms in total. The lowest BCUT2D eigenvalue weighted by molar-refractivity contribution is -0.121. The number of amides is 2. The van der Waals surface area contributed by atoms with Gasteiger partial charge < -0.3 is 10.2 Å². The summed E-state index contributed by atoms with van der Waals surface area (Å²) in [6.45, 7) is 2.42. The van der Waals surface area contributed by atoms with E-state index in [1.807, 2.05) is 6.92 Å². The minimum absolute atomic E-state index is 0.0181. The molecule has 1 fully saturated rings. The van der Waals surface area contributed by atoms with E-state index in [4.69, 9.17) is 27.9 Å². The topological polar surface area (TPSA) is 83.6 Å². The second kappa shape index (κ2) is 7.90. The van der Waals surface area contributed by atoms with Crippen molar-refractivity contribution in [2.24, 2.45) is 0 Å². The normalized spacial score (nSPS) is 16.9. The van der Waals surface area contributed by atoms with Crippen LogP contribution in [-0.4, -0.2) is 29.4 Å². The van der Waals surface area contributed by atoms with E-state index in [1.54, 1.807) is 24.3 Å². The number of hydrogen-bond donors (Lipinski definition) is 2. The molecule has 136 valence electrons. The predicted octanol–water partition coefficient (Wildman–Crippen LogP) is 3.04. The molecule has 26 heavy (non-hydrogen) atoms. The summed E-state index contributed by atoms with van der Waals surface area (Å²) in [5.41, 5.74) is 6.05. The number of rotatable bonds is 6. The van der Waals surface area contributed by atoms with Crippen LogP contribution >= 0.6 is 23.2 Å². The van der Waals surface area contributed by atoms with Crippen molar-refractivity contribution in [2.45, 2.75) is 19.4 Å². The Kier molecular flexibility index (Phi) is 5.61. The fraction of sp³-hybridized carbons (Fsp3) is 0.235. The maximum atomic E-state index is 12.6. The summed E-state index contributed by atoms with van der Waals surface area (Å²) < 4.78 is 5.37. The Morgan fingerprint density at radius 2 is 2.00 bits per heavy atom. The van der Waals surface area contributed by atoms with E-state index in [0.717, 1.165) is 4.90 Å². The molecule has 0 bridgehead atoms. The molecule has 0 spiro atoms. The Morgan fingerprint density at radius 3 is 2.65 bits per heavy atom. The van der Waals surface area contributed by atoms with Gasteiger partial charge in [-0.3, -0.25) is 9.59 Å². The number of aromatic nitrogens is 1. The Hall–Kier alpha value is -2.35. The van der Waals surface area contributed by atoms with Crippen LogP contribution in [0.4, 0.5) is 11.5 Å². The molecule has 0 radical (unpaired) electrons. The van der Waals surface area contributed by atoms with Gasteiger partial charge in [0.25, 0.3) is 5.91 Å². The fourth-order valence-electron chi connectivity index (χ4n) is 2.54. The highest BCUT2D eigenvalue weighted by Crippen LogP contribution is 2.26. The zero-order chi connectivity index (χ0) is 18.7. The highest BCUT2D eigenvalue weighted by atomic mass is 35.5. The van der Waals surface area contributed by atoms with Crippen LogP contribution in [0.15, 0.2) is 36.5 Å². The lowest BCUT2D eigenvalue weighted by Gasteiger charge is -2.17. The number of nitrogens with one attached hydrogen (secondary N) is 2. The summed E-state index contributed by atoms with van der Waals surface area (Å²) >= 11 is 11.8. The van der Waals surface area contributed by atoms with Crippen LogP contribution in [0.3, 0.4) is 0 Å². The molecule has 1 atom stereocenters. The zero-order valence-corrected chi connectivity index (χ0v) is 15.3. The summed E-state index contributed by atoms with van der Waals surface area (Å²) in [5.74, 6) is 0.330. The largest absolute Gasteiger partial charge is 0.494 e.